The molecule has 19 heavy (non-hydrogen) atoms. The first-order valence-electron chi connectivity index (χ1n) is 5.59. The summed E-state index contributed by atoms with van der Waals surface area (Å²) in [6.45, 7) is 1.77. The molecule has 0 aliphatic carbocycles. The number of ether oxygens (including phenoxy) is 1. The van der Waals surface area contributed by atoms with E-state index in [1.54, 1.807) is 37.3 Å². The van der Waals surface area contributed by atoms with Gasteiger partial charge in [0.1, 0.15) is 17.6 Å². The van der Waals surface area contributed by atoms with E-state index in [-0.39, 0.29) is 0 Å². The molecular formula is C14H11N3O2. The van der Waals surface area contributed by atoms with Crippen molar-refractivity contribution in [3.05, 3.63) is 53.7 Å². The first-order chi connectivity index (χ1) is 9.19. The van der Waals surface area contributed by atoms with Crippen molar-refractivity contribution < 1.29 is 9.53 Å². The first kappa shape index (κ1) is 12.6. The molecule has 5 heteroatoms. The number of carbonyl (C=O) groups is 1. The molecule has 0 saturated carbocycles. The summed E-state index contributed by atoms with van der Waals surface area (Å²) in [5, 5.41) is 11.3. The molecule has 0 aliphatic rings. The highest BCUT2D eigenvalue weighted by Gasteiger charge is 2.07. The van der Waals surface area contributed by atoms with Crippen LogP contribution < -0.4 is 10.1 Å². The molecule has 2 aromatic rings. The zero-order valence-electron chi connectivity index (χ0n) is 10.3. The molecule has 0 aliphatic heterocycles. The van der Waals surface area contributed by atoms with Gasteiger partial charge in [0.25, 0.3) is 0 Å². The second kappa shape index (κ2) is 5.65. The molecule has 1 aromatic carbocycles. The Kier molecular flexibility index (Phi) is 3.74. The Labute approximate surface area is 110 Å². The largest absolute Gasteiger partial charge is 0.418 e. The molecule has 0 saturated heterocycles. The Morgan fingerprint density at radius 1 is 1.37 bits per heavy atom. The topological polar surface area (TPSA) is 75.0 Å². The van der Waals surface area contributed by atoms with Crippen LogP contribution in [0.4, 0.5) is 10.6 Å². The lowest BCUT2D eigenvalue weighted by atomic mass is 10.2. The van der Waals surface area contributed by atoms with E-state index in [0.717, 1.165) is 5.56 Å². The van der Waals surface area contributed by atoms with Crippen LogP contribution in [0.3, 0.4) is 0 Å². The van der Waals surface area contributed by atoms with Crippen molar-refractivity contribution in [3.63, 3.8) is 0 Å². The molecule has 1 amide bonds. The zero-order valence-corrected chi connectivity index (χ0v) is 10.3. The number of para-hydroxylation sites is 1. The molecule has 5 nitrogen and oxygen atoms in total. The Balaban J connectivity index is 2.04. The number of amides is 1. The van der Waals surface area contributed by atoms with Gasteiger partial charge in [0.15, 0.2) is 0 Å². The van der Waals surface area contributed by atoms with Gasteiger partial charge in [0.05, 0.1) is 5.56 Å². The van der Waals surface area contributed by atoms with Crippen LogP contribution in [0.2, 0.25) is 0 Å². The van der Waals surface area contributed by atoms with Gasteiger partial charge in [0, 0.05) is 6.20 Å². The molecule has 0 spiro atoms. The van der Waals surface area contributed by atoms with Crippen LogP contribution in [-0.4, -0.2) is 11.1 Å². The first-order valence-corrected chi connectivity index (χ1v) is 5.59. The van der Waals surface area contributed by atoms with Crippen molar-refractivity contribution in [1.82, 2.24) is 4.98 Å². The Hall–Kier alpha value is -2.87. The summed E-state index contributed by atoms with van der Waals surface area (Å²) in [5.74, 6) is 0.794. The summed E-state index contributed by atoms with van der Waals surface area (Å²) in [6.07, 6.45) is 0.788. The quantitative estimate of drug-likeness (QED) is 0.892. The van der Waals surface area contributed by atoms with Crippen molar-refractivity contribution in [3.8, 4) is 11.8 Å². The number of benzene rings is 1. The molecule has 94 valence electrons. The lowest BCUT2D eigenvalue weighted by Gasteiger charge is -2.06. The molecule has 1 heterocycles. The normalized spacial score (nSPS) is 9.47. The average molecular weight is 253 g/mol. The van der Waals surface area contributed by atoms with E-state index in [2.05, 4.69) is 10.3 Å². The van der Waals surface area contributed by atoms with E-state index in [4.69, 9.17) is 10.00 Å². The lowest BCUT2D eigenvalue weighted by molar-refractivity contribution is 0.215. The smallest absolute Gasteiger partial charge is 0.410 e. The van der Waals surface area contributed by atoms with E-state index in [0.29, 0.717) is 17.1 Å². The maximum absolute atomic E-state index is 11.6. The second-order valence-electron chi connectivity index (χ2n) is 3.82. The predicted molar refractivity (Wildman–Crippen MR) is 69.8 cm³/mol. The van der Waals surface area contributed by atoms with Gasteiger partial charge in [-0.15, -0.1) is 0 Å². The summed E-state index contributed by atoms with van der Waals surface area (Å²) in [7, 11) is 0. The summed E-state index contributed by atoms with van der Waals surface area (Å²) < 4.78 is 5.06. The van der Waals surface area contributed by atoms with Crippen LogP contribution in [0.15, 0.2) is 42.6 Å². The van der Waals surface area contributed by atoms with Gasteiger partial charge >= 0.3 is 6.09 Å². The van der Waals surface area contributed by atoms with Crippen LogP contribution in [0.5, 0.6) is 5.75 Å². The highest BCUT2D eigenvalue weighted by molar-refractivity contribution is 5.85. The number of pyridine rings is 1. The Bertz CT molecular complexity index is 633. The molecule has 1 aromatic heterocycles. The fourth-order valence-electron chi connectivity index (χ4n) is 1.47. The average Bonchev–Trinajstić information content (AvgIpc) is 2.40. The van der Waals surface area contributed by atoms with Crippen molar-refractivity contribution in [1.29, 1.82) is 5.26 Å². The summed E-state index contributed by atoms with van der Waals surface area (Å²) in [4.78, 5) is 15.6. The minimum Gasteiger partial charge on any atom is -0.410 e. The molecule has 1 N–H and O–H groups in total. The lowest BCUT2D eigenvalue weighted by Crippen LogP contribution is -2.17. The van der Waals surface area contributed by atoms with Crippen LogP contribution in [0, 0.1) is 18.3 Å². The van der Waals surface area contributed by atoms with Gasteiger partial charge in [-0.3, -0.25) is 5.32 Å². The molecule has 0 radical (unpaired) electrons. The maximum atomic E-state index is 11.6. The van der Waals surface area contributed by atoms with Crippen LogP contribution in [0.25, 0.3) is 0 Å². The fraction of sp³-hybridized carbons (Fsp3) is 0.0714. The standard InChI is InChI=1S/C14H11N3O2/c1-10-7-13(16-9-11(10)8-15)17-14(18)19-12-5-3-2-4-6-12/h2-7,9H,1H3,(H,16,17,18). The number of nitrogens with zero attached hydrogens (tertiary/aromatic N) is 2. The molecule has 2 rings (SSSR count). The second-order valence-corrected chi connectivity index (χ2v) is 3.82. The van der Waals surface area contributed by atoms with Crippen molar-refractivity contribution >= 4 is 11.9 Å². The van der Waals surface area contributed by atoms with Gasteiger partial charge in [-0.2, -0.15) is 5.26 Å². The summed E-state index contributed by atoms with van der Waals surface area (Å²) >= 11 is 0. The van der Waals surface area contributed by atoms with E-state index < -0.39 is 6.09 Å². The number of anilines is 1. The number of aromatic nitrogens is 1. The van der Waals surface area contributed by atoms with E-state index >= 15 is 0 Å². The molecule has 0 atom stereocenters. The number of hydrogen-bond acceptors (Lipinski definition) is 4. The Morgan fingerprint density at radius 2 is 2.11 bits per heavy atom. The van der Waals surface area contributed by atoms with E-state index in [9.17, 15) is 4.79 Å². The van der Waals surface area contributed by atoms with Gasteiger partial charge in [-0.25, -0.2) is 9.78 Å². The maximum Gasteiger partial charge on any atom is 0.418 e. The number of rotatable bonds is 2. The van der Waals surface area contributed by atoms with Gasteiger partial charge in [-0.05, 0) is 30.7 Å². The number of carbonyl (C=O) groups excluding carboxylic acids is 1. The molecule has 0 bridgehead atoms. The monoisotopic (exact) mass is 253 g/mol. The number of aryl methyl sites for hydroxylation is 1. The van der Waals surface area contributed by atoms with Crippen LogP contribution >= 0.6 is 0 Å². The van der Waals surface area contributed by atoms with Gasteiger partial charge in [-0.1, -0.05) is 18.2 Å². The molecule has 0 unspecified atom stereocenters. The van der Waals surface area contributed by atoms with Crippen LogP contribution in [-0.2, 0) is 0 Å². The highest BCUT2D eigenvalue weighted by atomic mass is 16.6. The summed E-state index contributed by atoms with van der Waals surface area (Å²) in [6, 6.07) is 12.4. The van der Waals surface area contributed by atoms with E-state index in [1.165, 1.54) is 6.20 Å². The minimum atomic E-state index is -0.622. The van der Waals surface area contributed by atoms with Crippen molar-refractivity contribution in [2.75, 3.05) is 5.32 Å². The zero-order chi connectivity index (χ0) is 13.7. The third-order valence-corrected chi connectivity index (χ3v) is 2.42. The fourth-order valence-corrected chi connectivity index (χ4v) is 1.47. The third kappa shape index (κ3) is 3.30. The number of nitrogens with one attached hydrogen (secondary N) is 1. The Morgan fingerprint density at radius 3 is 2.74 bits per heavy atom. The number of nitriles is 1. The third-order valence-electron chi connectivity index (χ3n) is 2.42. The summed E-state index contributed by atoms with van der Waals surface area (Å²) in [5.41, 5.74) is 1.22. The minimum absolute atomic E-state index is 0.345. The van der Waals surface area contributed by atoms with Crippen molar-refractivity contribution in [2.24, 2.45) is 0 Å². The van der Waals surface area contributed by atoms with Gasteiger partial charge < -0.3 is 4.74 Å². The van der Waals surface area contributed by atoms with E-state index in [1.807, 2.05) is 12.1 Å². The van der Waals surface area contributed by atoms with Crippen molar-refractivity contribution in [2.45, 2.75) is 6.92 Å². The van der Waals surface area contributed by atoms with Gasteiger partial charge in [0.2, 0.25) is 0 Å². The SMILES string of the molecule is Cc1cc(NC(=O)Oc2ccccc2)ncc1C#N. The molecular weight excluding hydrogens is 242 g/mol. The number of hydrogen-bond donors (Lipinski definition) is 1. The van der Waals surface area contributed by atoms with Crippen LogP contribution in [0.1, 0.15) is 11.1 Å². The highest BCUT2D eigenvalue weighted by Crippen LogP contribution is 2.13. The predicted octanol–water partition coefficient (Wildman–Crippen LogP) is 2.87. The molecule has 0 fully saturated rings.